The number of benzene rings is 1. The maximum absolute atomic E-state index is 11.4. The van der Waals surface area contributed by atoms with Gasteiger partial charge in [0.15, 0.2) is 0 Å². The first-order valence-electron chi connectivity index (χ1n) is 4.40. The minimum absolute atomic E-state index is 0.0699. The average Bonchev–Trinajstić information content (AvgIpc) is 2.18. The van der Waals surface area contributed by atoms with Crippen LogP contribution < -0.4 is 4.72 Å². The Morgan fingerprint density at radius 1 is 1.27 bits per heavy atom. The molecule has 0 spiro atoms. The molecule has 1 aromatic rings. The van der Waals surface area contributed by atoms with Gasteiger partial charge < -0.3 is 5.11 Å². The van der Waals surface area contributed by atoms with Crippen LogP contribution in [0.15, 0.2) is 28.7 Å². The van der Waals surface area contributed by atoms with Gasteiger partial charge >= 0.3 is 0 Å². The van der Waals surface area contributed by atoms with Crippen LogP contribution in [0.1, 0.15) is 6.42 Å². The number of halogens is 1. The molecule has 0 radical (unpaired) electrons. The van der Waals surface area contributed by atoms with E-state index in [1.165, 1.54) is 0 Å². The molecule has 0 amide bonds. The zero-order chi connectivity index (χ0) is 11.3. The van der Waals surface area contributed by atoms with Crippen molar-refractivity contribution in [1.29, 1.82) is 0 Å². The fourth-order valence-electron chi connectivity index (χ4n) is 1.00. The second-order valence-electron chi connectivity index (χ2n) is 3.00. The van der Waals surface area contributed by atoms with Gasteiger partial charge in [0, 0.05) is 16.8 Å². The molecule has 4 nitrogen and oxygen atoms in total. The van der Waals surface area contributed by atoms with Crippen molar-refractivity contribution < 1.29 is 13.5 Å². The van der Waals surface area contributed by atoms with Gasteiger partial charge in [-0.25, -0.2) is 8.42 Å². The van der Waals surface area contributed by atoms with Gasteiger partial charge in [0.25, 0.3) is 0 Å². The van der Waals surface area contributed by atoms with E-state index >= 15 is 0 Å². The Hall–Kier alpha value is -0.590. The molecular weight excluding hydrogens is 282 g/mol. The summed E-state index contributed by atoms with van der Waals surface area (Å²) in [7, 11) is -3.33. The van der Waals surface area contributed by atoms with E-state index in [-0.39, 0.29) is 18.8 Å². The monoisotopic (exact) mass is 293 g/mol. The molecule has 0 saturated carbocycles. The minimum atomic E-state index is -3.33. The lowest BCUT2D eigenvalue weighted by Crippen LogP contribution is -2.17. The molecule has 0 aliphatic carbocycles. The van der Waals surface area contributed by atoms with Gasteiger partial charge in [0.2, 0.25) is 10.0 Å². The highest BCUT2D eigenvalue weighted by Gasteiger charge is 2.09. The highest BCUT2D eigenvalue weighted by Crippen LogP contribution is 2.15. The summed E-state index contributed by atoms with van der Waals surface area (Å²) < 4.78 is 26.1. The topological polar surface area (TPSA) is 66.4 Å². The predicted octanol–water partition coefficient (Wildman–Crippen LogP) is 1.57. The predicted molar refractivity (Wildman–Crippen MR) is 63.3 cm³/mol. The van der Waals surface area contributed by atoms with Crippen molar-refractivity contribution in [2.45, 2.75) is 6.42 Å². The maximum Gasteiger partial charge on any atom is 0.232 e. The van der Waals surface area contributed by atoms with Gasteiger partial charge in [-0.15, -0.1) is 0 Å². The molecule has 2 N–H and O–H groups in total. The molecule has 0 saturated heterocycles. The van der Waals surface area contributed by atoms with Crippen molar-refractivity contribution in [1.82, 2.24) is 0 Å². The summed E-state index contributed by atoms with van der Waals surface area (Å²) in [5.74, 6) is -0.0699. The number of aliphatic hydroxyl groups is 1. The number of sulfonamides is 1. The normalized spacial score (nSPS) is 11.3. The molecule has 0 atom stereocenters. The highest BCUT2D eigenvalue weighted by molar-refractivity contribution is 9.10. The number of rotatable bonds is 5. The molecule has 0 unspecified atom stereocenters. The molecule has 0 aliphatic heterocycles. The molecule has 0 aliphatic rings. The second kappa shape index (κ2) is 5.48. The van der Waals surface area contributed by atoms with Gasteiger partial charge in [-0.1, -0.05) is 15.9 Å². The Bertz CT molecular complexity index is 402. The molecule has 1 rings (SSSR count). The van der Waals surface area contributed by atoms with Crippen LogP contribution in [-0.4, -0.2) is 25.9 Å². The zero-order valence-corrected chi connectivity index (χ0v) is 10.4. The number of nitrogens with one attached hydrogen (secondary N) is 1. The van der Waals surface area contributed by atoms with E-state index in [2.05, 4.69) is 20.7 Å². The lowest BCUT2D eigenvalue weighted by atomic mass is 10.3. The lowest BCUT2D eigenvalue weighted by Gasteiger charge is -2.06. The van der Waals surface area contributed by atoms with Crippen molar-refractivity contribution >= 4 is 31.6 Å². The van der Waals surface area contributed by atoms with Crippen LogP contribution in [-0.2, 0) is 10.0 Å². The van der Waals surface area contributed by atoms with Crippen LogP contribution >= 0.6 is 15.9 Å². The van der Waals surface area contributed by atoms with Crippen LogP contribution in [0, 0.1) is 0 Å². The Kier molecular flexibility index (Phi) is 4.56. The second-order valence-corrected chi connectivity index (χ2v) is 5.76. The fourth-order valence-corrected chi connectivity index (χ4v) is 2.37. The first-order chi connectivity index (χ1) is 7.03. The van der Waals surface area contributed by atoms with Gasteiger partial charge in [0.1, 0.15) is 0 Å². The van der Waals surface area contributed by atoms with Crippen molar-refractivity contribution in [2.24, 2.45) is 0 Å². The smallest absolute Gasteiger partial charge is 0.232 e. The van der Waals surface area contributed by atoms with Crippen LogP contribution in [0.25, 0.3) is 0 Å². The minimum Gasteiger partial charge on any atom is -0.396 e. The van der Waals surface area contributed by atoms with Gasteiger partial charge in [-0.3, -0.25) is 4.72 Å². The van der Waals surface area contributed by atoms with Crippen LogP contribution in [0.2, 0.25) is 0 Å². The number of hydrogen-bond donors (Lipinski definition) is 2. The first kappa shape index (κ1) is 12.5. The molecule has 0 heterocycles. The van der Waals surface area contributed by atoms with Crippen molar-refractivity contribution in [3.63, 3.8) is 0 Å². The highest BCUT2D eigenvalue weighted by atomic mass is 79.9. The van der Waals surface area contributed by atoms with E-state index in [0.29, 0.717) is 5.69 Å². The largest absolute Gasteiger partial charge is 0.396 e. The summed E-state index contributed by atoms with van der Waals surface area (Å²) in [6, 6.07) is 6.84. The third kappa shape index (κ3) is 4.63. The molecule has 0 aromatic heterocycles. The Balaban J connectivity index is 2.65. The SMILES string of the molecule is O=S(=O)(CCCO)Nc1ccc(Br)cc1. The zero-order valence-electron chi connectivity index (χ0n) is 7.98. The fraction of sp³-hybridized carbons (Fsp3) is 0.333. The molecular formula is C9H12BrNO3S. The summed E-state index contributed by atoms with van der Waals surface area (Å²) in [6.45, 7) is -0.124. The van der Waals surface area contributed by atoms with E-state index in [9.17, 15) is 8.42 Å². The van der Waals surface area contributed by atoms with Gasteiger partial charge in [-0.05, 0) is 30.7 Å². The van der Waals surface area contributed by atoms with E-state index in [1.54, 1.807) is 24.3 Å². The third-order valence-corrected chi connectivity index (χ3v) is 3.59. The average molecular weight is 294 g/mol. The summed E-state index contributed by atoms with van der Waals surface area (Å²) in [4.78, 5) is 0. The summed E-state index contributed by atoms with van der Waals surface area (Å²) in [5.41, 5.74) is 0.524. The molecule has 1 aromatic carbocycles. The van der Waals surface area contributed by atoms with Crippen molar-refractivity contribution in [2.75, 3.05) is 17.1 Å². The Labute approximate surface area is 97.5 Å². The Morgan fingerprint density at radius 3 is 2.40 bits per heavy atom. The van der Waals surface area contributed by atoms with Crippen LogP contribution in [0.3, 0.4) is 0 Å². The summed E-state index contributed by atoms with van der Waals surface area (Å²) in [5, 5.41) is 8.53. The van der Waals surface area contributed by atoms with Crippen molar-refractivity contribution in [3.8, 4) is 0 Å². The summed E-state index contributed by atoms with van der Waals surface area (Å²) >= 11 is 3.26. The van der Waals surface area contributed by atoms with Crippen LogP contribution in [0.4, 0.5) is 5.69 Å². The van der Waals surface area contributed by atoms with E-state index < -0.39 is 10.0 Å². The maximum atomic E-state index is 11.4. The van der Waals surface area contributed by atoms with E-state index in [4.69, 9.17) is 5.11 Å². The molecule has 6 heteroatoms. The lowest BCUT2D eigenvalue weighted by molar-refractivity contribution is 0.295. The number of aliphatic hydroxyl groups excluding tert-OH is 1. The van der Waals surface area contributed by atoms with Gasteiger partial charge in [-0.2, -0.15) is 0 Å². The molecule has 0 fully saturated rings. The standard InChI is InChI=1S/C9H12BrNO3S/c10-8-2-4-9(5-3-8)11-15(13,14)7-1-6-12/h2-5,11-12H,1,6-7H2. The first-order valence-corrected chi connectivity index (χ1v) is 6.85. The number of anilines is 1. The molecule has 84 valence electrons. The van der Waals surface area contributed by atoms with E-state index in [1.807, 2.05) is 0 Å². The van der Waals surface area contributed by atoms with Crippen molar-refractivity contribution in [3.05, 3.63) is 28.7 Å². The third-order valence-electron chi connectivity index (χ3n) is 1.69. The van der Waals surface area contributed by atoms with E-state index in [0.717, 1.165) is 4.47 Å². The molecule has 0 bridgehead atoms. The summed E-state index contributed by atoms with van der Waals surface area (Å²) in [6.07, 6.45) is 0.242. The number of hydrogen-bond acceptors (Lipinski definition) is 3. The molecule has 15 heavy (non-hydrogen) atoms. The quantitative estimate of drug-likeness (QED) is 0.866. The Morgan fingerprint density at radius 2 is 1.87 bits per heavy atom. The van der Waals surface area contributed by atoms with Crippen LogP contribution in [0.5, 0.6) is 0 Å². The van der Waals surface area contributed by atoms with Gasteiger partial charge in [0.05, 0.1) is 5.75 Å².